The number of rotatable bonds is 4. The Balaban J connectivity index is 2.10. The van der Waals surface area contributed by atoms with Gasteiger partial charge in [0.25, 0.3) is 0 Å². The van der Waals surface area contributed by atoms with Crippen molar-refractivity contribution in [1.82, 2.24) is 4.98 Å². The fourth-order valence-electron chi connectivity index (χ4n) is 2.71. The zero-order valence-electron chi connectivity index (χ0n) is 12.6. The largest absolute Gasteiger partial charge is 0.329 e. The molecule has 0 radical (unpaired) electrons. The van der Waals surface area contributed by atoms with Gasteiger partial charge in [-0.1, -0.05) is 24.3 Å². The summed E-state index contributed by atoms with van der Waals surface area (Å²) in [7, 11) is 0. The van der Waals surface area contributed by atoms with E-state index in [1.54, 1.807) is 5.51 Å². The molecule has 1 aromatic heterocycles. The molecule has 1 heterocycles. The summed E-state index contributed by atoms with van der Waals surface area (Å²) in [6.07, 6.45) is 0. The molecule has 3 rings (SSSR count). The summed E-state index contributed by atoms with van der Waals surface area (Å²) in [5.74, 6) is -1.56. The molecule has 0 saturated heterocycles. The van der Waals surface area contributed by atoms with Crippen molar-refractivity contribution in [2.75, 3.05) is 6.54 Å². The van der Waals surface area contributed by atoms with Crippen LogP contribution in [-0.4, -0.2) is 11.5 Å². The normalized spacial score (nSPS) is 12.3. The number of hydrogen-bond acceptors (Lipinski definition) is 3. The van der Waals surface area contributed by atoms with E-state index in [1.807, 2.05) is 31.2 Å². The maximum atomic E-state index is 13.6. The average molecular weight is 330 g/mol. The van der Waals surface area contributed by atoms with Gasteiger partial charge in [0, 0.05) is 18.5 Å². The second kappa shape index (κ2) is 6.56. The second-order valence-electron chi connectivity index (χ2n) is 5.37. The van der Waals surface area contributed by atoms with E-state index >= 15 is 0 Å². The monoisotopic (exact) mass is 330 g/mol. The van der Waals surface area contributed by atoms with Crippen molar-refractivity contribution in [3.63, 3.8) is 0 Å². The molecule has 1 unspecified atom stereocenters. The smallest absolute Gasteiger partial charge is 0.126 e. The van der Waals surface area contributed by atoms with Gasteiger partial charge in [0.05, 0.1) is 16.1 Å². The Bertz CT molecular complexity index is 809. The Hall–Kier alpha value is -2.11. The maximum absolute atomic E-state index is 13.6. The van der Waals surface area contributed by atoms with Gasteiger partial charge in [-0.25, -0.2) is 13.8 Å². The van der Waals surface area contributed by atoms with Crippen molar-refractivity contribution in [3.05, 3.63) is 76.4 Å². The number of nitrogens with two attached hydrogens (primary N) is 1. The standard InChI is InChI=1S/C18H16F2N2S/c1-11-4-2-3-5-15(11)18-17(22-10-23-18)16(9-21)12-6-13(19)8-14(20)7-12/h2-8,10,16H,9,21H2,1H3. The van der Waals surface area contributed by atoms with Crippen molar-refractivity contribution in [2.45, 2.75) is 12.8 Å². The average Bonchev–Trinajstić information content (AvgIpc) is 2.97. The Labute approximate surface area is 137 Å². The lowest BCUT2D eigenvalue weighted by Crippen LogP contribution is -2.15. The molecule has 3 aromatic rings. The molecule has 0 fully saturated rings. The minimum absolute atomic E-state index is 0.228. The van der Waals surface area contributed by atoms with E-state index < -0.39 is 11.6 Å². The van der Waals surface area contributed by atoms with Crippen LogP contribution >= 0.6 is 11.3 Å². The maximum Gasteiger partial charge on any atom is 0.126 e. The highest BCUT2D eigenvalue weighted by Gasteiger charge is 2.22. The fourth-order valence-corrected chi connectivity index (χ4v) is 3.66. The molecule has 5 heteroatoms. The van der Waals surface area contributed by atoms with E-state index in [-0.39, 0.29) is 12.5 Å². The molecule has 0 amide bonds. The summed E-state index contributed by atoms with van der Waals surface area (Å²) in [5.41, 5.74) is 11.1. The quantitative estimate of drug-likeness (QED) is 0.765. The highest BCUT2D eigenvalue weighted by Crippen LogP contribution is 2.36. The molecule has 0 saturated carbocycles. The van der Waals surface area contributed by atoms with Crippen molar-refractivity contribution < 1.29 is 8.78 Å². The Morgan fingerprint density at radius 2 is 1.83 bits per heavy atom. The molecule has 0 aliphatic rings. The van der Waals surface area contributed by atoms with Gasteiger partial charge in [0.2, 0.25) is 0 Å². The van der Waals surface area contributed by atoms with Crippen LogP contribution in [0.2, 0.25) is 0 Å². The summed E-state index contributed by atoms with van der Waals surface area (Å²) in [6, 6.07) is 11.5. The first-order valence-electron chi connectivity index (χ1n) is 7.25. The number of benzene rings is 2. The topological polar surface area (TPSA) is 38.9 Å². The van der Waals surface area contributed by atoms with Crippen LogP contribution in [0.25, 0.3) is 10.4 Å². The molecular formula is C18H16F2N2S. The first-order valence-corrected chi connectivity index (χ1v) is 8.13. The third-order valence-corrected chi connectivity index (χ3v) is 4.71. The molecule has 0 bridgehead atoms. The first kappa shape index (κ1) is 15.8. The van der Waals surface area contributed by atoms with Crippen molar-refractivity contribution in [2.24, 2.45) is 5.73 Å². The van der Waals surface area contributed by atoms with Crippen LogP contribution in [0.15, 0.2) is 48.0 Å². The van der Waals surface area contributed by atoms with E-state index in [4.69, 9.17) is 5.73 Å². The van der Waals surface area contributed by atoms with Crippen LogP contribution in [0.5, 0.6) is 0 Å². The highest BCUT2D eigenvalue weighted by molar-refractivity contribution is 7.13. The summed E-state index contributed by atoms with van der Waals surface area (Å²) in [4.78, 5) is 5.42. The summed E-state index contributed by atoms with van der Waals surface area (Å²) >= 11 is 1.51. The van der Waals surface area contributed by atoms with E-state index in [1.165, 1.54) is 23.5 Å². The number of hydrogen-bond donors (Lipinski definition) is 1. The molecule has 1 atom stereocenters. The molecule has 2 aromatic carbocycles. The Morgan fingerprint density at radius 1 is 1.13 bits per heavy atom. The van der Waals surface area contributed by atoms with Crippen molar-refractivity contribution in [1.29, 1.82) is 0 Å². The number of aryl methyl sites for hydroxylation is 1. The number of halogens is 2. The molecule has 0 aliphatic heterocycles. The van der Waals surface area contributed by atoms with E-state index in [9.17, 15) is 8.78 Å². The minimum Gasteiger partial charge on any atom is -0.329 e. The van der Waals surface area contributed by atoms with Crippen LogP contribution in [0, 0.1) is 18.6 Å². The van der Waals surface area contributed by atoms with E-state index in [0.29, 0.717) is 5.56 Å². The zero-order chi connectivity index (χ0) is 16.4. The van der Waals surface area contributed by atoms with Gasteiger partial charge < -0.3 is 5.73 Å². The minimum atomic E-state index is -0.605. The van der Waals surface area contributed by atoms with Gasteiger partial charge in [-0.05, 0) is 35.7 Å². The molecule has 2 nitrogen and oxygen atoms in total. The molecular weight excluding hydrogens is 314 g/mol. The lowest BCUT2D eigenvalue weighted by atomic mass is 9.92. The van der Waals surface area contributed by atoms with Crippen LogP contribution in [0.1, 0.15) is 22.7 Å². The Kier molecular flexibility index (Phi) is 4.50. The third-order valence-electron chi connectivity index (χ3n) is 3.84. The first-order chi connectivity index (χ1) is 11.1. The third kappa shape index (κ3) is 3.16. The van der Waals surface area contributed by atoms with Gasteiger partial charge in [-0.15, -0.1) is 11.3 Å². The van der Waals surface area contributed by atoms with Gasteiger partial charge in [0.15, 0.2) is 0 Å². The number of thiazole rings is 1. The van der Waals surface area contributed by atoms with Crippen molar-refractivity contribution >= 4 is 11.3 Å². The van der Waals surface area contributed by atoms with Crippen LogP contribution in [0.4, 0.5) is 8.78 Å². The SMILES string of the molecule is Cc1ccccc1-c1scnc1C(CN)c1cc(F)cc(F)c1. The lowest BCUT2D eigenvalue weighted by Gasteiger charge is -2.16. The van der Waals surface area contributed by atoms with Gasteiger partial charge in [0.1, 0.15) is 11.6 Å². The summed E-state index contributed by atoms with van der Waals surface area (Å²) in [6.45, 7) is 2.25. The Morgan fingerprint density at radius 3 is 2.48 bits per heavy atom. The molecule has 0 spiro atoms. The van der Waals surface area contributed by atoms with Gasteiger partial charge in [-0.3, -0.25) is 0 Å². The van der Waals surface area contributed by atoms with Crippen LogP contribution in [0.3, 0.4) is 0 Å². The molecule has 0 aliphatic carbocycles. The zero-order valence-corrected chi connectivity index (χ0v) is 13.4. The number of aromatic nitrogens is 1. The molecule has 2 N–H and O–H groups in total. The highest BCUT2D eigenvalue weighted by atomic mass is 32.1. The fraction of sp³-hybridized carbons (Fsp3) is 0.167. The molecule has 118 valence electrons. The van der Waals surface area contributed by atoms with Gasteiger partial charge in [-0.2, -0.15) is 0 Å². The second-order valence-corrected chi connectivity index (χ2v) is 6.23. The van der Waals surface area contributed by atoms with Crippen molar-refractivity contribution in [3.8, 4) is 10.4 Å². The van der Waals surface area contributed by atoms with Crippen LogP contribution in [-0.2, 0) is 0 Å². The summed E-state index contributed by atoms with van der Waals surface area (Å²) in [5, 5.41) is 0. The lowest BCUT2D eigenvalue weighted by molar-refractivity contribution is 0.576. The van der Waals surface area contributed by atoms with Gasteiger partial charge >= 0.3 is 0 Å². The number of nitrogens with zero attached hydrogens (tertiary/aromatic N) is 1. The van der Waals surface area contributed by atoms with Crippen LogP contribution < -0.4 is 5.73 Å². The van der Waals surface area contributed by atoms with E-state index in [0.717, 1.165) is 27.8 Å². The predicted molar refractivity (Wildman–Crippen MR) is 89.5 cm³/mol. The molecule has 23 heavy (non-hydrogen) atoms. The van der Waals surface area contributed by atoms with E-state index in [2.05, 4.69) is 4.98 Å². The predicted octanol–water partition coefficient (Wildman–Crippen LogP) is 4.49. The summed E-state index contributed by atoms with van der Waals surface area (Å²) < 4.78 is 27.1.